The van der Waals surface area contributed by atoms with E-state index in [0.29, 0.717) is 33.8 Å². The highest BCUT2D eigenvalue weighted by Gasteiger charge is 2.22. The summed E-state index contributed by atoms with van der Waals surface area (Å²) < 4.78 is 16.1. The van der Waals surface area contributed by atoms with Gasteiger partial charge >= 0.3 is 0 Å². The average Bonchev–Trinajstić information content (AvgIpc) is 3.18. The molecule has 7 nitrogen and oxygen atoms in total. The van der Waals surface area contributed by atoms with Gasteiger partial charge in [0.2, 0.25) is 11.7 Å². The quantitative estimate of drug-likeness (QED) is 0.436. The van der Waals surface area contributed by atoms with Gasteiger partial charge < -0.3 is 24.5 Å². The van der Waals surface area contributed by atoms with Crippen LogP contribution in [0.15, 0.2) is 77.2 Å². The molecule has 0 radical (unpaired) electrons. The van der Waals surface area contributed by atoms with Gasteiger partial charge in [-0.1, -0.05) is 24.3 Å². The highest BCUT2D eigenvalue weighted by atomic mass is 16.5. The van der Waals surface area contributed by atoms with Crippen molar-refractivity contribution in [2.45, 2.75) is 6.42 Å². The molecule has 0 saturated carbocycles. The first kappa shape index (κ1) is 21.0. The third-order valence-corrected chi connectivity index (χ3v) is 4.94. The summed E-state index contributed by atoms with van der Waals surface area (Å²) in [7, 11) is 3.16. The molecule has 0 spiro atoms. The third kappa shape index (κ3) is 4.57. The van der Waals surface area contributed by atoms with Gasteiger partial charge in [0, 0.05) is 11.1 Å². The van der Waals surface area contributed by atoms with Gasteiger partial charge in [0.1, 0.15) is 22.8 Å². The number of amides is 2. The van der Waals surface area contributed by atoms with Crippen LogP contribution in [-0.2, 0) is 11.2 Å². The molecule has 2 N–H and O–H groups in total. The molecule has 32 heavy (non-hydrogen) atoms. The molecule has 0 aliphatic carbocycles. The number of furan rings is 1. The van der Waals surface area contributed by atoms with Crippen molar-refractivity contribution in [2.75, 3.05) is 24.9 Å². The van der Waals surface area contributed by atoms with Crippen molar-refractivity contribution in [2.24, 2.45) is 0 Å². The summed E-state index contributed by atoms with van der Waals surface area (Å²) in [6, 6.07) is 21.3. The number of para-hydroxylation sites is 1. The molecule has 0 bridgehead atoms. The molecule has 1 heterocycles. The Morgan fingerprint density at radius 2 is 1.44 bits per heavy atom. The zero-order chi connectivity index (χ0) is 22.5. The maximum Gasteiger partial charge on any atom is 0.293 e. The molecule has 162 valence electrons. The largest absolute Gasteiger partial charge is 0.497 e. The Hall–Kier alpha value is -4.26. The molecule has 0 aliphatic heterocycles. The summed E-state index contributed by atoms with van der Waals surface area (Å²) in [5, 5.41) is 6.29. The summed E-state index contributed by atoms with van der Waals surface area (Å²) in [5.74, 6) is 0.696. The first-order valence-corrected chi connectivity index (χ1v) is 9.97. The van der Waals surface area contributed by atoms with Gasteiger partial charge in [0.05, 0.1) is 20.6 Å². The maximum atomic E-state index is 13.0. The topological polar surface area (TPSA) is 89.8 Å². The van der Waals surface area contributed by atoms with Crippen LogP contribution in [0.3, 0.4) is 0 Å². The van der Waals surface area contributed by atoms with E-state index < -0.39 is 5.91 Å². The van der Waals surface area contributed by atoms with Crippen LogP contribution in [0, 0.1) is 0 Å². The van der Waals surface area contributed by atoms with Gasteiger partial charge in [0.15, 0.2) is 0 Å². The second-order valence-electron chi connectivity index (χ2n) is 7.06. The summed E-state index contributed by atoms with van der Waals surface area (Å²) in [5.41, 5.74) is 2.24. The Balaban J connectivity index is 1.57. The maximum absolute atomic E-state index is 13.0. The number of nitrogens with one attached hydrogen (secondary N) is 2. The lowest BCUT2D eigenvalue weighted by molar-refractivity contribution is -0.115. The summed E-state index contributed by atoms with van der Waals surface area (Å²) in [4.78, 5) is 25.7. The summed E-state index contributed by atoms with van der Waals surface area (Å²) >= 11 is 0. The van der Waals surface area contributed by atoms with Gasteiger partial charge in [-0.15, -0.1) is 0 Å². The van der Waals surface area contributed by atoms with E-state index in [1.54, 1.807) is 68.8 Å². The van der Waals surface area contributed by atoms with E-state index in [2.05, 4.69) is 10.6 Å². The van der Waals surface area contributed by atoms with Crippen LogP contribution in [0.5, 0.6) is 11.5 Å². The lowest BCUT2D eigenvalue weighted by Gasteiger charge is -2.08. The van der Waals surface area contributed by atoms with Crippen LogP contribution >= 0.6 is 0 Å². The van der Waals surface area contributed by atoms with E-state index in [1.165, 1.54) is 0 Å². The Kier molecular flexibility index (Phi) is 6.07. The van der Waals surface area contributed by atoms with E-state index in [-0.39, 0.29) is 18.1 Å². The lowest BCUT2D eigenvalue weighted by Crippen LogP contribution is -2.18. The van der Waals surface area contributed by atoms with Crippen molar-refractivity contribution >= 4 is 34.2 Å². The molecule has 4 aromatic rings. The van der Waals surface area contributed by atoms with Crippen molar-refractivity contribution in [3.8, 4) is 11.5 Å². The van der Waals surface area contributed by atoms with E-state index in [9.17, 15) is 9.59 Å². The molecule has 0 atom stereocenters. The van der Waals surface area contributed by atoms with Crippen LogP contribution in [0.25, 0.3) is 11.0 Å². The van der Waals surface area contributed by atoms with E-state index in [0.717, 1.165) is 5.56 Å². The van der Waals surface area contributed by atoms with Gasteiger partial charge in [-0.05, 0) is 54.1 Å². The van der Waals surface area contributed by atoms with Crippen molar-refractivity contribution in [1.29, 1.82) is 0 Å². The SMILES string of the molecule is COc1ccc(CC(=O)Nc2c(C(=O)Nc3ccc(OC)cc3)oc3ccccc23)cc1. The zero-order valence-corrected chi connectivity index (χ0v) is 17.7. The van der Waals surface area contributed by atoms with Crippen LogP contribution in [0.1, 0.15) is 16.1 Å². The molecule has 7 heteroatoms. The van der Waals surface area contributed by atoms with Crippen molar-refractivity contribution in [3.63, 3.8) is 0 Å². The van der Waals surface area contributed by atoms with E-state index in [4.69, 9.17) is 13.9 Å². The standard InChI is InChI=1S/C25H22N2O5/c1-30-18-11-7-16(8-12-18)15-22(28)27-23-20-5-3-4-6-21(20)32-24(23)25(29)26-17-9-13-19(31-2)14-10-17/h3-14H,15H2,1-2H3,(H,26,29)(H,27,28). The predicted octanol–water partition coefficient (Wildman–Crippen LogP) is 4.88. The minimum absolute atomic E-state index is 0.0325. The Morgan fingerprint density at radius 1 is 0.812 bits per heavy atom. The van der Waals surface area contributed by atoms with E-state index >= 15 is 0 Å². The fraction of sp³-hybridized carbons (Fsp3) is 0.120. The molecule has 0 unspecified atom stereocenters. The van der Waals surface area contributed by atoms with Gasteiger partial charge in [-0.3, -0.25) is 9.59 Å². The molecule has 4 rings (SSSR count). The number of fused-ring (bicyclic) bond motifs is 1. The number of ether oxygens (including phenoxy) is 2. The fourth-order valence-electron chi connectivity index (χ4n) is 3.30. The Morgan fingerprint density at radius 3 is 2.09 bits per heavy atom. The normalized spacial score (nSPS) is 10.6. The number of methoxy groups -OCH3 is 2. The zero-order valence-electron chi connectivity index (χ0n) is 17.7. The number of anilines is 2. The molecule has 0 aliphatic rings. The Labute approximate surface area is 184 Å². The predicted molar refractivity (Wildman–Crippen MR) is 122 cm³/mol. The molecule has 2 amide bonds. The molecule has 0 fully saturated rings. The minimum atomic E-state index is -0.467. The molecular formula is C25H22N2O5. The fourth-order valence-corrected chi connectivity index (χ4v) is 3.30. The highest BCUT2D eigenvalue weighted by molar-refractivity contribution is 6.14. The number of rotatable bonds is 7. The number of benzene rings is 3. The number of carbonyl (C=O) groups excluding carboxylic acids is 2. The van der Waals surface area contributed by atoms with E-state index in [1.807, 2.05) is 18.2 Å². The molecular weight excluding hydrogens is 408 g/mol. The van der Waals surface area contributed by atoms with Gasteiger partial charge in [-0.25, -0.2) is 0 Å². The van der Waals surface area contributed by atoms with Crippen LogP contribution in [0.4, 0.5) is 11.4 Å². The molecule has 0 saturated heterocycles. The second-order valence-corrected chi connectivity index (χ2v) is 7.06. The monoisotopic (exact) mass is 430 g/mol. The lowest BCUT2D eigenvalue weighted by atomic mass is 10.1. The Bertz CT molecular complexity index is 1240. The number of hydrogen-bond donors (Lipinski definition) is 2. The van der Waals surface area contributed by atoms with Gasteiger partial charge in [0.25, 0.3) is 5.91 Å². The van der Waals surface area contributed by atoms with Crippen LogP contribution in [-0.4, -0.2) is 26.0 Å². The van der Waals surface area contributed by atoms with Gasteiger partial charge in [-0.2, -0.15) is 0 Å². The molecule has 1 aromatic heterocycles. The highest BCUT2D eigenvalue weighted by Crippen LogP contribution is 2.32. The first-order valence-electron chi connectivity index (χ1n) is 9.97. The number of carbonyl (C=O) groups is 2. The summed E-state index contributed by atoms with van der Waals surface area (Å²) in [6.07, 6.45) is 0.142. The molecule has 3 aromatic carbocycles. The van der Waals surface area contributed by atoms with Crippen LogP contribution in [0.2, 0.25) is 0 Å². The number of hydrogen-bond acceptors (Lipinski definition) is 5. The summed E-state index contributed by atoms with van der Waals surface area (Å²) in [6.45, 7) is 0. The smallest absolute Gasteiger partial charge is 0.293 e. The van der Waals surface area contributed by atoms with Crippen LogP contribution < -0.4 is 20.1 Å². The third-order valence-electron chi connectivity index (χ3n) is 4.94. The van der Waals surface area contributed by atoms with Crippen molar-refractivity contribution < 1.29 is 23.5 Å². The first-order chi connectivity index (χ1) is 15.6. The minimum Gasteiger partial charge on any atom is -0.497 e. The van der Waals surface area contributed by atoms with Crippen molar-refractivity contribution in [3.05, 3.63) is 84.1 Å². The van der Waals surface area contributed by atoms with Crippen molar-refractivity contribution in [1.82, 2.24) is 0 Å². The average molecular weight is 430 g/mol. The second kappa shape index (κ2) is 9.26.